The van der Waals surface area contributed by atoms with Crippen LogP contribution in [-0.4, -0.2) is 29.0 Å². The molecule has 2 rings (SSSR count). The van der Waals surface area contributed by atoms with E-state index < -0.39 is 22.9 Å². The lowest BCUT2D eigenvalue weighted by Crippen LogP contribution is -2.44. The van der Waals surface area contributed by atoms with Gasteiger partial charge in [0, 0.05) is 13.1 Å². The smallest absolute Gasteiger partial charge is 0.257 e. The third kappa shape index (κ3) is 2.53. The van der Waals surface area contributed by atoms with Crippen molar-refractivity contribution >= 4 is 5.91 Å². The molecular formula is C14H15FN2O2. The number of piperidine rings is 1. The van der Waals surface area contributed by atoms with Crippen LogP contribution in [0.1, 0.15) is 30.1 Å². The molecule has 100 valence electrons. The summed E-state index contributed by atoms with van der Waals surface area (Å²) in [6, 6.07) is 6.08. The van der Waals surface area contributed by atoms with Crippen LogP contribution in [-0.2, 0) is 0 Å². The number of para-hydroxylation sites is 1. The number of rotatable bonds is 1. The van der Waals surface area contributed by atoms with Gasteiger partial charge in [-0.25, -0.2) is 4.39 Å². The minimum atomic E-state index is -0.814. The third-order valence-electron chi connectivity index (χ3n) is 3.47. The number of hydrogen-bond acceptors (Lipinski definition) is 3. The predicted octanol–water partition coefficient (Wildman–Crippen LogP) is 2.30. The summed E-state index contributed by atoms with van der Waals surface area (Å²) in [6.45, 7) is 2.63. The Balaban J connectivity index is 2.25. The monoisotopic (exact) mass is 262 g/mol. The third-order valence-corrected chi connectivity index (χ3v) is 3.47. The zero-order chi connectivity index (χ0) is 14.0. The Morgan fingerprint density at radius 1 is 1.58 bits per heavy atom. The molecule has 1 fully saturated rings. The van der Waals surface area contributed by atoms with Crippen LogP contribution < -0.4 is 0 Å². The lowest BCUT2D eigenvalue weighted by molar-refractivity contribution is 0.0626. The van der Waals surface area contributed by atoms with Crippen LogP contribution in [0.15, 0.2) is 18.2 Å². The number of phenolic OH excluding ortho intramolecular Hbond substituents is 1. The molecule has 1 aromatic carbocycles. The van der Waals surface area contributed by atoms with Gasteiger partial charge in [-0.05, 0) is 31.9 Å². The molecule has 0 saturated carbocycles. The van der Waals surface area contributed by atoms with Gasteiger partial charge in [0.25, 0.3) is 5.91 Å². The van der Waals surface area contributed by atoms with E-state index in [9.17, 15) is 14.3 Å². The standard InChI is InChI=1S/C14H15FN2O2/c1-14(8-16)6-3-7-17(9-14)13(19)10-4-2-5-11(15)12(10)18/h2,4-5,18H,3,6-7,9H2,1H3/t14-/m1/s1. The molecule has 0 radical (unpaired) electrons. The number of carbonyl (C=O) groups excluding carboxylic acids is 1. The van der Waals surface area contributed by atoms with Gasteiger partial charge in [-0.15, -0.1) is 0 Å². The van der Waals surface area contributed by atoms with Gasteiger partial charge < -0.3 is 10.0 Å². The van der Waals surface area contributed by atoms with Gasteiger partial charge >= 0.3 is 0 Å². The molecule has 5 heteroatoms. The van der Waals surface area contributed by atoms with Crippen molar-refractivity contribution in [3.8, 4) is 11.8 Å². The number of phenols is 1. The fourth-order valence-electron chi connectivity index (χ4n) is 2.36. The summed E-state index contributed by atoms with van der Waals surface area (Å²) in [4.78, 5) is 13.8. The number of carbonyl (C=O) groups is 1. The van der Waals surface area contributed by atoms with E-state index in [2.05, 4.69) is 6.07 Å². The summed E-state index contributed by atoms with van der Waals surface area (Å²) in [5, 5.41) is 18.7. The van der Waals surface area contributed by atoms with Gasteiger partial charge in [-0.3, -0.25) is 4.79 Å². The maximum absolute atomic E-state index is 13.3. The Bertz CT molecular complexity index is 553. The molecule has 1 aliphatic rings. The first-order valence-corrected chi connectivity index (χ1v) is 6.15. The Morgan fingerprint density at radius 2 is 2.32 bits per heavy atom. The van der Waals surface area contributed by atoms with Gasteiger partial charge in [0.1, 0.15) is 0 Å². The summed E-state index contributed by atoms with van der Waals surface area (Å²) in [6.07, 6.45) is 1.47. The van der Waals surface area contributed by atoms with Gasteiger partial charge in [0.15, 0.2) is 11.6 Å². The van der Waals surface area contributed by atoms with Crippen molar-refractivity contribution in [1.82, 2.24) is 4.90 Å². The molecular weight excluding hydrogens is 247 g/mol. The maximum Gasteiger partial charge on any atom is 0.257 e. The van der Waals surface area contributed by atoms with Gasteiger partial charge in [-0.1, -0.05) is 6.07 Å². The van der Waals surface area contributed by atoms with Crippen molar-refractivity contribution in [2.75, 3.05) is 13.1 Å². The summed E-state index contributed by atoms with van der Waals surface area (Å²) < 4.78 is 13.3. The SMILES string of the molecule is C[C@]1(C#N)CCCN(C(=O)c2cccc(F)c2O)C1. The Labute approximate surface area is 111 Å². The largest absolute Gasteiger partial charge is 0.504 e. The predicted molar refractivity (Wildman–Crippen MR) is 66.9 cm³/mol. The number of amides is 1. The first-order chi connectivity index (χ1) is 8.97. The van der Waals surface area contributed by atoms with E-state index in [0.717, 1.165) is 18.9 Å². The van der Waals surface area contributed by atoms with Crippen molar-refractivity contribution in [2.45, 2.75) is 19.8 Å². The van der Waals surface area contributed by atoms with Crippen molar-refractivity contribution in [2.24, 2.45) is 5.41 Å². The van der Waals surface area contributed by atoms with Crippen LogP contribution in [0.3, 0.4) is 0 Å². The van der Waals surface area contributed by atoms with E-state index in [1.165, 1.54) is 17.0 Å². The minimum absolute atomic E-state index is 0.0535. The zero-order valence-corrected chi connectivity index (χ0v) is 10.7. The number of likely N-dealkylation sites (tertiary alicyclic amines) is 1. The van der Waals surface area contributed by atoms with Gasteiger partial charge in [0.2, 0.25) is 0 Å². The zero-order valence-electron chi connectivity index (χ0n) is 10.7. The first kappa shape index (κ1) is 13.3. The van der Waals surface area contributed by atoms with Crippen LogP contribution >= 0.6 is 0 Å². The topological polar surface area (TPSA) is 64.3 Å². The fraction of sp³-hybridized carbons (Fsp3) is 0.429. The van der Waals surface area contributed by atoms with Crippen LogP contribution in [0.4, 0.5) is 4.39 Å². The lowest BCUT2D eigenvalue weighted by atomic mass is 9.83. The molecule has 1 aliphatic heterocycles. The van der Waals surface area contributed by atoms with Gasteiger partial charge in [0.05, 0.1) is 17.0 Å². The summed E-state index contributed by atoms with van der Waals surface area (Å²) in [5.41, 5.74) is -0.626. The van der Waals surface area contributed by atoms with E-state index in [-0.39, 0.29) is 5.56 Å². The highest BCUT2D eigenvalue weighted by molar-refractivity contribution is 5.97. The van der Waals surface area contributed by atoms with Crippen LogP contribution in [0, 0.1) is 22.6 Å². The van der Waals surface area contributed by atoms with E-state index in [1.54, 1.807) is 6.92 Å². The molecule has 19 heavy (non-hydrogen) atoms. The second-order valence-corrected chi connectivity index (χ2v) is 5.14. The number of nitriles is 1. The fourth-order valence-corrected chi connectivity index (χ4v) is 2.36. The van der Waals surface area contributed by atoms with Crippen LogP contribution in [0.2, 0.25) is 0 Å². The highest BCUT2D eigenvalue weighted by Gasteiger charge is 2.34. The van der Waals surface area contributed by atoms with Crippen molar-refractivity contribution in [3.63, 3.8) is 0 Å². The van der Waals surface area contributed by atoms with Crippen molar-refractivity contribution in [1.29, 1.82) is 5.26 Å². The Morgan fingerprint density at radius 3 is 3.00 bits per heavy atom. The average molecular weight is 262 g/mol. The molecule has 0 aliphatic carbocycles. The molecule has 1 heterocycles. The summed E-state index contributed by atoms with van der Waals surface area (Å²) >= 11 is 0. The average Bonchev–Trinajstić information content (AvgIpc) is 2.41. The second kappa shape index (κ2) is 4.88. The van der Waals surface area contributed by atoms with E-state index in [4.69, 9.17) is 5.26 Å². The lowest BCUT2D eigenvalue weighted by Gasteiger charge is -2.36. The Hall–Kier alpha value is -2.09. The van der Waals surface area contributed by atoms with E-state index in [1.807, 2.05) is 0 Å². The van der Waals surface area contributed by atoms with Crippen molar-refractivity contribution in [3.05, 3.63) is 29.6 Å². The second-order valence-electron chi connectivity index (χ2n) is 5.14. The van der Waals surface area contributed by atoms with E-state index >= 15 is 0 Å². The van der Waals surface area contributed by atoms with Gasteiger partial charge in [-0.2, -0.15) is 5.26 Å². The molecule has 1 N–H and O–H groups in total. The quantitative estimate of drug-likeness (QED) is 0.844. The molecule has 1 atom stereocenters. The van der Waals surface area contributed by atoms with Crippen LogP contribution in [0.5, 0.6) is 5.75 Å². The highest BCUT2D eigenvalue weighted by Crippen LogP contribution is 2.30. The number of aromatic hydroxyl groups is 1. The molecule has 1 aromatic rings. The molecule has 0 aromatic heterocycles. The van der Waals surface area contributed by atoms with Crippen LogP contribution in [0.25, 0.3) is 0 Å². The molecule has 1 saturated heterocycles. The molecule has 4 nitrogen and oxygen atoms in total. The number of halogens is 1. The first-order valence-electron chi connectivity index (χ1n) is 6.15. The maximum atomic E-state index is 13.3. The minimum Gasteiger partial charge on any atom is -0.504 e. The van der Waals surface area contributed by atoms with Crippen molar-refractivity contribution < 1.29 is 14.3 Å². The molecule has 0 bridgehead atoms. The number of benzene rings is 1. The highest BCUT2D eigenvalue weighted by atomic mass is 19.1. The Kier molecular flexibility index (Phi) is 3.43. The number of nitrogens with zero attached hydrogens (tertiary/aromatic N) is 2. The molecule has 0 unspecified atom stereocenters. The summed E-state index contributed by atoms with van der Waals surface area (Å²) in [5.74, 6) is -1.87. The van der Waals surface area contributed by atoms with E-state index in [0.29, 0.717) is 13.1 Å². The molecule has 1 amide bonds. The molecule has 0 spiro atoms. The summed E-state index contributed by atoms with van der Waals surface area (Å²) in [7, 11) is 0. The number of hydrogen-bond donors (Lipinski definition) is 1. The normalized spacial score (nSPS) is 22.9.